The van der Waals surface area contributed by atoms with E-state index >= 15 is 0 Å². The van der Waals surface area contributed by atoms with Crippen LogP contribution in [0.3, 0.4) is 0 Å². The molecule has 0 spiro atoms. The van der Waals surface area contributed by atoms with Crippen molar-refractivity contribution < 1.29 is 24.1 Å². The average Bonchev–Trinajstić information content (AvgIpc) is 3.64. The van der Waals surface area contributed by atoms with E-state index in [0.29, 0.717) is 54.6 Å². The number of anilines is 3. The smallest absolute Gasteiger partial charge is 0.243 e. The number of aliphatic hydroxyl groups is 1. The molecule has 3 heterocycles. The summed E-state index contributed by atoms with van der Waals surface area (Å²) in [6, 6.07) is 1.13. The van der Waals surface area contributed by atoms with Crippen LogP contribution in [0.25, 0.3) is 0 Å². The molecule has 0 radical (unpaired) electrons. The minimum Gasteiger partial charge on any atom is -0.495 e. The fraction of sp³-hybridized carbons (Fsp3) is 0.480. The molecule has 5 rings (SSSR count). The van der Waals surface area contributed by atoms with E-state index in [1.807, 2.05) is 4.90 Å². The number of benzene rings is 1. The van der Waals surface area contributed by atoms with Crippen molar-refractivity contribution in [3.8, 4) is 11.5 Å². The maximum absolute atomic E-state index is 11.8. The average molecular weight is 565 g/mol. The van der Waals surface area contributed by atoms with Gasteiger partial charge in [0.15, 0.2) is 0 Å². The molecule has 13 heteroatoms. The molecule has 0 bridgehead atoms. The second kappa shape index (κ2) is 11.0. The number of aromatic nitrogens is 2. The van der Waals surface area contributed by atoms with E-state index in [-0.39, 0.29) is 34.6 Å². The third-order valence-corrected chi connectivity index (χ3v) is 7.64. The first-order valence-electron chi connectivity index (χ1n) is 12.3. The summed E-state index contributed by atoms with van der Waals surface area (Å²) in [4.78, 5) is 24.6. The number of carbonyl (C=O) groups is 1. The van der Waals surface area contributed by atoms with Crippen molar-refractivity contribution in [2.45, 2.75) is 37.8 Å². The highest BCUT2D eigenvalue weighted by Gasteiger charge is 2.39. The number of hydrogen-bond acceptors (Lipinski definition) is 10. The van der Waals surface area contributed by atoms with Crippen LogP contribution in [0.5, 0.6) is 11.5 Å². The first-order chi connectivity index (χ1) is 18.3. The molecule has 38 heavy (non-hydrogen) atoms. The molecule has 2 aliphatic heterocycles. The molecule has 3 unspecified atom stereocenters. The van der Waals surface area contributed by atoms with E-state index in [0.717, 1.165) is 18.4 Å². The van der Waals surface area contributed by atoms with Crippen LogP contribution in [0, 0.1) is 5.92 Å². The normalized spacial score (nSPS) is 22.6. The summed E-state index contributed by atoms with van der Waals surface area (Å²) in [6.07, 6.45) is 3.99. The van der Waals surface area contributed by atoms with E-state index in [1.54, 1.807) is 17.2 Å². The molecular formula is C25H30Cl2N6O5. The van der Waals surface area contributed by atoms with Crippen molar-refractivity contribution in [1.82, 2.24) is 15.3 Å². The number of nitrogens with zero attached hydrogens (tertiary/aromatic N) is 4. The highest BCUT2D eigenvalue weighted by Crippen LogP contribution is 2.48. The second-order valence-electron chi connectivity index (χ2n) is 9.48. The molecule has 1 aliphatic carbocycles. The minimum atomic E-state index is -1.10. The summed E-state index contributed by atoms with van der Waals surface area (Å²) in [7, 11) is 3.01. The molecule has 1 amide bonds. The van der Waals surface area contributed by atoms with Gasteiger partial charge in [-0.1, -0.05) is 29.8 Å². The Hall–Kier alpha value is -2.99. The Morgan fingerprint density at radius 2 is 1.92 bits per heavy atom. The van der Waals surface area contributed by atoms with Gasteiger partial charge in [-0.25, -0.2) is 4.98 Å². The Morgan fingerprint density at radius 1 is 1.24 bits per heavy atom. The van der Waals surface area contributed by atoms with Crippen LogP contribution in [0.1, 0.15) is 18.4 Å². The second-order valence-corrected chi connectivity index (χ2v) is 10.2. The van der Waals surface area contributed by atoms with Gasteiger partial charge in [-0.2, -0.15) is 4.98 Å². The fourth-order valence-corrected chi connectivity index (χ4v) is 5.41. The summed E-state index contributed by atoms with van der Waals surface area (Å²) in [6.45, 7) is 5.11. The molecule has 204 valence electrons. The van der Waals surface area contributed by atoms with Gasteiger partial charge in [0.25, 0.3) is 0 Å². The molecule has 3 N–H and O–H groups in total. The quantitative estimate of drug-likeness (QED) is 0.392. The first kappa shape index (κ1) is 26.6. The number of methoxy groups -OCH3 is 2. The number of hydrogen-bond donors (Lipinski definition) is 3. The fourth-order valence-electron chi connectivity index (χ4n) is 4.70. The van der Waals surface area contributed by atoms with Crippen LogP contribution in [-0.4, -0.2) is 73.4 Å². The summed E-state index contributed by atoms with van der Waals surface area (Å²) in [5, 5.41) is 18.3. The lowest BCUT2D eigenvalue weighted by molar-refractivity contribution is -0.117. The molecule has 2 aromatic rings. The minimum absolute atomic E-state index is 0.222. The monoisotopic (exact) mass is 564 g/mol. The van der Waals surface area contributed by atoms with Crippen molar-refractivity contribution in [2.24, 2.45) is 5.92 Å². The molecule has 1 saturated carbocycles. The summed E-state index contributed by atoms with van der Waals surface area (Å²) in [5.74, 6) is 1.91. The van der Waals surface area contributed by atoms with Crippen LogP contribution in [0.4, 0.5) is 17.5 Å². The molecule has 1 saturated heterocycles. The zero-order chi connectivity index (χ0) is 27.0. The number of ether oxygens (including phenoxy) is 3. The number of nitrogens with one attached hydrogen (secondary N) is 2. The van der Waals surface area contributed by atoms with Gasteiger partial charge in [-0.15, -0.1) is 0 Å². The lowest BCUT2D eigenvalue weighted by atomic mass is 10.1. The van der Waals surface area contributed by atoms with Gasteiger partial charge in [0, 0.05) is 24.4 Å². The lowest BCUT2D eigenvalue weighted by Crippen LogP contribution is -2.53. The number of halogens is 2. The van der Waals surface area contributed by atoms with Crippen molar-refractivity contribution in [1.29, 1.82) is 0 Å². The van der Waals surface area contributed by atoms with Crippen LogP contribution in [-0.2, 0) is 16.1 Å². The molecule has 11 nitrogen and oxygen atoms in total. The Kier molecular flexibility index (Phi) is 7.71. The number of fused-ring (bicyclic) bond motifs is 1. The highest BCUT2D eigenvalue weighted by atomic mass is 35.5. The van der Waals surface area contributed by atoms with E-state index in [4.69, 9.17) is 42.4 Å². The Balaban J connectivity index is 1.47. The molecule has 1 aromatic heterocycles. The van der Waals surface area contributed by atoms with E-state index in [1.165, 1.54) is 20.3 Å². The molecular weight excluding hydrogens is 535 g/mol. The van der Waals surface area contributed by atoms with Crippen molar-refractivity contribution in [3.63, 3.8) is 0 Å². The van der Waals surface area contributed by atoms with Crippen molar-refractivity contribution >= 4 is 46.6 Å². The highest BCUT2D eigenvalue weighted by molar-refractivity contribution is 6.41. The zero-order valence-corrected chi connectivity index (χ0v) is 22.6. The number of carbonyl (C=O) groups excluding carboxylic acids is 1. The lowest BCUT2D eigenvalue weighted by Gasteiger charge is -2.43. The standard InChI is InChI=1S/C25H30Cl2N6O5/c1-4-19(34)29-15-11-38-12-16(15)30-24-28-8-14-10-32(25(35)33(23(14)31-24)9-13-5-6-13)22-20(26)17(36-2)7-18(37-3)21(22)27/h4,7-8,13,15-16,25,35H,1,5-6,9-12H2,2-3H3,(H,29,34)(H,28,30,31). The molecule has 3 atom stereocenters. The predicted molar refractivity (Wildman–Crippen MR) is 144 cm³/mol. The van der Waals surface area contributed by atoms with Gasteiger partial charge in [0.1, 0.15) is 27.4 Å². The number of aliphatic hydroxyl groups excluding tert-OH is 1. The van der Waals surface area contributed by atoms with Crippen LogP contribution < -0.4 is 29.9 Å². The summed E-state index contributed by atoms with van der Waals surface area (Å²) in [5.41, 5.74) is 1.18. The van der Waals surface area contributed by atoms with Gasteiger partial charge in [0.05, 0.1) is 51.7 Å². The summed E-state index contributed by atoms with van der Waals surface area (Å²) < 4.78 is 16.4. The largest absolute Gasteiger partial charge is 0.495 e. The van der Waals surface area contributed by atoms with E-state index in [9.17, 15) is 9.90 Å². The maximum atomic E-state index is 11.8. The predicted octanol–water partition coefficient (Wildman–Crippen LogP) is 2.79. The van der Waals surface area contributed by atoms with Gasteiger partial charge >= 0.3 is 0 Å². The van der Waals surface area contributed by atoms with E-state index in [2.05, 4.69) is 22.2 Å². The Bertz CT molecular complexity index is 1200. The summed E-state index contributed by atoms with van der Waals surface area (Å²) >= 11 is 13.4. The molecule has 3 aliphatic rings. The zero-order valence-electron chi connectivity index (χ0n) is 21.1. The van der Waals surface area contributed by atoms with Crippen molar-refractivity contribution in [2.75, 3.05) is 49.1 Å². The van der Waals surface area contributed by atoms with Gasteiger partial charge in [-0.3, -0.25) is 4.79 Å². The van der Waals surface area contributed by atoms with E-state index < -0.39 is 6.35 Å². The van der Waals surface area contributed by atoms with Crippen LogP contribution in [0.15, 0.2) is 24.9 Å². The number of rotatable bonds is 9. The third kappa shape index (κ3) is 5.15. The SMILES string of the molecule is C=CC(=O)NC1COCC1Nc1ncc2c(n1)N(CC1CC1)C(O)N(c1c(Cl)c(OC)cc(OC)c1Cl)C2. The van der Waals surface area contributed by atoms with Gasteiger partial charge in [0.2, 0.25) is 18.2 Å². The first-order valence-corrected chi connectivity index (χ1v) is 13.0. The van der Waals surface area contributed by atoms with Gasteiger partial charge in [-0.05, 0) is 24.8 Å². The Morgan fingerprint density at radius 3 is 2.55 bits per heavy atom. The van der Waals surface area contributed by atoms with Crippen LogP contribution in [0.2, 0.25) is 10.0 Å². The Labute approximate surface area is 230 Å². The molecule has 2 fully saturated rings. The third-order valence-electron chi connectivity index (χ3n) is 6.91. The number of amides is 1. The van der Waals surface area contributed by atoms with Gasteiger partial charge < -0.3 is 39.8 Å². The maximum Gasteiger partial charge on any atom is 0.243 e. The van der Waals surface area contributed by atoms with Crippen molar-refractivity contribution in [3.05, 3.63) is 40.5 Å². The topological polar surface area (TPSA) is 121 Å². The van der Waals surface area contributed by atoms with Crippen LogP contribution >= 0.6 is 23.2 Å². The molecule has 1 aromatic carbocycles.